The molecule has 0 amide bonds. The first-order valence-corrected chi connectivity index (χ1v) is 7.36. The summed E-state index contributed by atoms with van der Waals surface area (Å²) < 4.78 is 8.05. The molecule has 108 valence electrons. The molecule has 1 N–H and O–H groups in total. The van der Waals surface area contributed by atoms with E-state index in [1.165, 1.54) is 19.3 Å². The van der Waals surface area contributed by atoms with Crippen molar-refractivity contribution in [1.82, 2.24) is 20.1 Å². The topological polar surface area (TPSA) is 52.0 Å². The lowest BCUT2D eigenvalue weighted by Crippen LogP contribution is -2.54. The molecule has 0 aliphatic heterocycles. The number of hydrogen-bond acceptors (Lipinski definition) is 4. The lowest BCUT2D eigenvalue weighted by molar-refractivity contribution is -0.0888. The predicted octanol–water partition coefficient (Wildman–Crippen LogP) is 1.68. The number of likely N-dealkylation sites (N-methyl/N-ethyl adjacent to an activating group) is 1. The van der Waals surface area contributed by atoms with Crippen LogP contribution in [0.3, 0.4) is 0 Å². The third kappa shape index (κ3) is 3.15. The molecular formula is C14H26N4O. The number of aromatic nitrogens is 3. The van der Waals surface area contributed by atoms with Crippen molar-refractivity contribution in [3.63, 3.8) is 0 Å². The standard InChI is InChI=1S/C14H26N4O/c1-4-19-14(8-6-5-7-9-14)12(15-2)10-13-16-11-17-18(13)3/h11-12,15H,4-10H2,1-3H3. The van der Waals surface area contributed by atoms with Crippen molar-refractivity contribution in [2.75, 3.05) is 13.7 Å². The molecule has 0 spiro atoms. The smallest absolute Gasteiger partial charge is 0.138 e. The summed E-state index contributed by atoms with van der Waals surface area (Å²) in [5.41, 5.74) is -0.0340. The zero-order chi connectivity index (χ0) is 13.7. The minimum Gasteiger partial charge on any atom is -0.374 e. The van der Waals surface area contributed by atoms with Gasteiger partial charge in [-0.1, -0.05) is 19.3 Å². The third-order valence-electron chi connectivity index (χ3n) is 4.31. The molecule has 1 unspecified atom stereocenters. The predicted molar refractivity (Wildman–Crippen MR) is 75.0 cm³/mol. The zero-order valence-electron chi connectivity index (χ0n) is 12.4. The lowest BCUT2D eigenvalue weighted by atomic mass is 9.78. The normalized spacial score (nSPS) is 20.4. The first-order chi connectivity index (χ1) is 9.22. The summed E-state index contributed by atoms with van der Waals surface area (Å²) in [4.78, 5) is 4.35. The van der Waals surface area contributed by atoms with E-state index < -0.39 is 0 Å². The van der Waals surface area contributed by atoms with Gasteiger partial charge in [0.1, 0.15) is 12.2 Å². The van der Waals surface area contributed by atoms with Gasteiger partial charge in [-0.25, -0.2) is 4.98 Å². The maximum Gasteiger partial charge on any atom is 0.138 e. The molecule has 0 saturated heterocycles. The Morgan fingerprint density at radius 2 is 2.16 bits per heavy atom. The van der Waals surface area contributed by atoms with Crippen LogP contribution in [-0.4, -0.2) is 40.1 Å². The minimum absolute atomic E-state index is 0.0340. The van der Waals surface area contributed by atoms with Crippen LogP contribution in [0.4, 0.5) is 0 Å². The SMILES string of the molecule is CCOC1(C(Cc2ncnn2C)NC)CCCCC1. The van der Waals surface area contributed by atoms with Gasteiger partial charge in [0, 0.05) is 26.1 Å². The Morgan fingerprint density at radius 1 is 1.42 bits per heavy atom. The van der Waals surface area contributed by atoms with Crippen LogP contribution in [0.15, 0.2) is 6.33 Å². The van der Waals surface area contributed by atoms with Gasteiger partial charge >= 0.3 is 0 Å². The molecule has 0 aromatic carbocycles. The first-order valence-electron chi connectivity index (χ1n) is 7.36. The van der Waals surface area contributed by atoms with Gasteiger partial charge in [-0.05, 0) is 26.8 Å². The Hall–Kier alpha value is -0.940. The van der Waals surface area contributed by atoms with Gasteiger partial charge in [0.2, 0.25) is 0 Å². The fraction of sp³-hybridized carbons (Fsp3) is 0.857. The van der Waals surface area contributed by atoms with Crippen LogP contribution in [0, 0.1) is 0 Å². The van der Waals surface area contributed by atoms with Gasteiger partial charge in [0.15, 0.2) is 0 Å². The van der Waals surface area contributed by atoms with Crippen LogP contribution in [0.1, 0.15) is 44.9 Å². The molecule has 1 aliphatic carbocycles. The molecule has 0 bridgehead atoms. The second-order valence-corrected chi connectivity index (χ2v) is 5.40. The van der Waals surface area contributed by atoms with E-state index in [1.807, 2.05) is 18.8 Å². The summed E-state index contributed by atoms with van der Waals surface area (Å²) in [6, 6.07) is 0.302. The van der Waals surface area contributed by atoms with E-state index in [0.29, 0.717) is 6.04 Å². The van der Waals surface area contributed by atoms with E-state index in [9.17, 15) is 0 Å². The van der Waals surface area contributed by atoms with Crippen molar-refractivity contribution in [3.05, 3.63) is 12.2 Å². The summed E-state index contributed by atoms with van der Waals surface area (Å²) in [6.45, 7) is 2.86. The maximum atomic E-state index is 6.19. The minimum atomic E-state index is -0.0340. The number of ether oxygens (including phenoxy) is 1. The van der Waals surface area contributed by atoms with Crippen LogP contribution in [0.2, 0.25) is 0 Å². The van der Waals surface area contributed by atoms with Gasteiger partial charge in [-0.3, -0.25) is 4.68 Å². The van der Waals surface area contributed by atoms with Crippen molar-refractivity contribution in [3.8, 4) is 0 Å². The summed E-state index contributed by atoms with van der Waals surface area (Å²) >= 11 is 0. The van der Waals surface area contributed by atoms with Crippen LogP contribution < -0.4 is 5.32 Å². The molecular weight excluding hydrogens is 240 g/mol. The molecule has 1 saturated carbocycles. The van der Waals surface area contributed by atoms with E-state index >= 15 is 0 Å². The molecule has 1 aromatic heterocycles. The number of rotatable bonds is 6. The Labute approximate surface area is 115 Å². The number of nitrogens with one attached hydrogen (secondary N) is 1. The lowest BCUT2D eigenvalue weighted by Gasteiger charge is -2.43. The maximum absolute atomic E-state index is 6.19. The molecule has 19 heavy (non-hydrogen) atoms. The van der Waals surface area contributed by atoms with Crippen molar-refractivity contribution in [1.29, 1.82) is 0 Å². The monoisotopic (exact) mass is 266 g/mol. The Balaban J connectivity index is 2.14. The van der Waals surface area contributed by atoms with E-state index in [4.69, 9.17) is 4.74 Å². The largest absolute Gasteiger partial charge is 0.374 e. The van der Waals surface area contributed by atoms with Crippen molar-refractivity contribution in [2.45, 2.75) is 57.1 Å². The number of nitrogens with zero attached hydrogens (tertiary/aromatic N) is 3. The second kappa shape index (κ2) is 6.48. The van der Waals surface area contributed by atoms with E-state index in [1.54, 1.807) is 6.33 Å². The third-order valence-corrected chi connectivity index (χ3v) is 4.31. The van der Waals surface area contributed by atoms with E-state index in [0.717, 1.165) is 31.7 Å². The van der Waals surface area contributed by atoms with Gasteiger partial charge in [-0.15, -0.1) is 0 Å². The second-order valence-electron chi connectivity index (χ2n) is 5.40. The van der Waals surface area contributed by atoms with Gasteiger partial charge in [0.25, 0.3) is 0 Å². The van der Waals surface area contributed by atoms with Gasteiger partial charge in [-0.2, -0.15) is 5.10 Å². The summed E-state index contributed by atoms with van der Waals surface area (Å²) in [7, 11) is 3.97. The first kappa shape index (κ1) is 14.5. The Bertz CT molecular complexity index is 379. The molecule has 5 heteroatoms. The average Bonchev–Trinajstić information content (AvgIpc) is 2.82. The number of aryl methyl sites for hydroxylation is 1. The quantitative estimate of drug-likeness (QED) is 0.851. The zero-order valence-corrected chi connectivity index (χ0v) is 12.4. The summed E-state index contributed by atoms with van der Waals surface area (Å²) in [6.07, 6.45) is 8.63. The highest BCUT2D eigenvalue weighted by Gasteiger charge is 2.40. The van der Waals surface area contributed by atoms with Gasteiger partial charge < -0.3 is 10.1 Å². The molecule has 0 radical (unpaired) electrons. The molecule has 1 heterocycles. The van der Waals surface area contributed by atoms with Crippen LogP contribution in [0.5, 0.6) is 0 Å². The van der Waals surface area contributed by atoms with E-state index in [2.05, 4.69) is 22.3 Å². The molecule has 2 rings (SSSR count). The van der Waals surface area contributed by atoms with Crippen molar-refractivity contribution in [2.24, 2.45) is 7.05 Å². The molecule has 1 aromatic rings. The Kier molecular flexibility index (Phi) is 4.93. The molecule has 1 atom stereocenters. The highest BCUT2D eigenvalue weighted by molar-refractivity contribution is 5.01. The molecule has 1 fully saturated rings. The van der Waals surface area contributed by atoms with E-state index in [-0.39, 0.29) is 5.60 Å². The number of hydrogen-bond donors (Lipinski definition) is 1. The average molecular weight is 266 g/mol. The fourth-order valence-corrected chi connectivity index (χ4v) is 3.27. The molecule has 5 nitrogen and oxygen atoms in total. The summed E-state index contributed by atoms with van der Waals surface area (Å²) in [5, 5.41) is 7.61. The van der Waals surface area contributed by atoms with Crippen molar-refractivity contribution >= 4 is 0 Å². The van der Waals surface area contributed by atoms with Crippen LogP contribution in [0.25, 0.3) is 0 Å². The van der Waals surface area contributed by atoms with Crippen LogP contribution >= 0.6 is 0 Å². The van der Waals surface area contributed by atoms with Crippen molar-refractivity contribution < 1.29 is 4.74 Å². The Morgan fingerprint density at radius 3 is 2.68 bits per heavy atom. The molecule has 1 aliphatic rings. The van der Waals surface area contributed by atoms with Crippen LogP contribution in [-0.2, 0) is 18.2 Å². The summed E-state index contributed by atoms with van der Waals surface area (Å²) in [5.74, 6) is 1.02. The highest BCUT2D eigenvalue weighted by Crippen LogP contribution is 2.35. The van der Waals surface area contributed by atoms with Gasteiger partial charge in [0.05, 0.1) is 5.60 Å². The highest BCUT2D eigenvalue weighted by atomic mass is 16.5. The fourth-order valence-electron chi connectivity index (χ4n) is 3.27.